The zero-order valence-corrected chi connectivity index (χ0v) is 11.3. The average Bonchev–Trinajstić information content (AvgIpc) is 2.62. The summed E-state index contributed by atoms with van der Waals surface area (Å²) in [5.74, 6) is 0.983. The second kappa shape index (κ2) is 5.34. The number of nitriles is 1. The molecule has 1 nitrogen and oxygen atoms in total. The van der Waals surface area contributed by atoms with Crippen LogP contribution in [0.4, 0.5) is 0 Å². The van der Waals surface area contributed by atoms with Crippen LogP contribution in [0.25, 0.3) is 5.57 Å². The highest BCUT2D eigenvalue weighted by atomic mass is 32.2. The Morgan fingerprint density at radius 2 is 1.79 bits per heavy atom. The molecule has 0 radical (unpaired) electrons. The van der Waals surface area contributed by atoms with E-state index in [0.717, 1.165) is 5.75 Å². The van der Waals surface area contributed by atoms with Gasteiger partial charge in [0.05, 0.1) is 12.5 Å². The van der Waals surface area contributed by atoms with E-state index >= 15 is 0 Å². The van der Waals surface area contributed by atoms with Crippen LogP contribution in [0.3, 0.4) is 0 Å². The van der Waals surface area contributed by atoms with Crippen molar-refractivity contribution in [3.8, 4) is 6.07 Å². The van der Waals surface area contributed by atoms with E-state index in [4.69, 9.17) is 5.26 Å². The van der Waals surface area contributed by atoms with E-state index in [2.05, 4.69) is 54.6 Å². The molecule has 2 heteroatoms. The van der Waals surface area contributed by atoms with Gasteiger partial charge in [-0.1, -0.05) is 48.5 Å². The number of fused-ring (bicyclic) bond motifs is 2. The molecule has 0 aliphatic carbocycles. The summed E-state index contributed by atoms with van der Waals surface area (Å²) in [4.78, 5) is 1.29. The molecule has 0 saturated heterocycles. The fourth-order valence-electron chi connectivity index (χ4n) is 2.39. The molecule has 0 unspecified atom stereocenters. The van der Waals surface area contributed by atoms with Gasteiger partial charge in [0.2, 0.25) is 0 Å². The van der Waals surface area contributed by atoms with Crippen molar-refractivity contribution in [1.29, 1.82) is 5.26 Å². The summed E-state index contributed by atoms with van der Waals surface area (Å²) < 4.78 is 0. The molecule has 0 amide bonds. The summed E-state index contributed by atoms with van der Waals surface area (Å²) >= 11 is 1.87. The first kappa shape index (κ1) is 12.1. The van der Waals surface area contributed by atoms with Gasteiger partial charge in [0.1, 0.15) is 0 Å². The van der Waals surface area contributed by atoms with Gasteiger partial charge >= 0.3 is 0 Å². The molecule has 0 saturated carbocycles. The van der Waals surface area contributed by atoms with Gasteiger partial charge in [-0.3, -0.25) is 0 Å². The first-order chi connectivity index (χ1) is 9.40. The highest BCUT2D eigenvalue weighted by Crippen LogP contribution is 2.39. The van der Waals surface area contributed by atoms with Crippen LogP contribution in [-0.4, -0.2) is 0 Å². The van der Waals surface area contributed by atoms with E-state index in [1.165, 1.54) is 27.2 Å². The topological polar surface area (TPSA) is 23.8 Å². The van der Waals surface area contributed by atoms with E-state index in [9.17, 15) is 0 Å². The van der Waals surface area contributed by atoms with Crippen LogP contribution >= 0.6 is 11.8 Å². The maximum absolute atomic E-state index is 8.86. The van der Waals surface area contributed by atoms with Gasteiger partial charge in [0.25, 0.3) is 0 Å². The van der Waals surface area contributed by atoms with Crippen molar-refractivity contribution in [1.82, 2.24) is 0 Å². The second-order valence-corrected chi connectivity index (χ2v) is 5.44. The Hall–Kier alpha value is -1.98. The highest BCUT2D eigenvalue weighted by Gasteiger charge is 2.17. The van der Waals surface area contributed by atoms with Crippen molar-refractivity contribution in [3.05, 3.63) is 71.3 Å². The predicted molar refractivity (Wildman–Crippen MR) is 79.8 cm³/mol. The molecule has 0 N–H and O–H groups in total. The molecule has 1 aliphatic rings. The molecule has 0 atom stereocenters. The molecule has 2 aromatic rings. The van der Waals surface area contributed by atoms with Gasteiger partial charge in [-0.05, 0) is 28.3 Å². The molecular formula is C17H13NS. The molecule has 92 valence electrons. The third-order valence-corrected chi connectivity index (χ3v) is 4.39. The summed E-state index contributed by atoms with van der Waals surface area (Å²) in [6, 6.07) is 19.1. The Bertz CT molecular complexity index is 630. The molecule has 0 spiro atoms. The highest BCUT2D eigenvalue weighted by molar-refractivity contribution is 7.98. The molecule has 19 heavy (non-hydrogen) atoms. The summed E-state index contributed by atoms with van der Waals surface area (Å²) in [7, 11) is 0. The summed E-state index contributed by atoms with van der Waals surface area (Å²) in [5, 5.41) is 8.86. The zero-order valence-electron chi connectivity index (χ0n) is 10.5. The smallest absolute Gasteiger partial charge is 0.0663 e. The van der Waals surface area contributed by atoms with E-state index in [0.29, 0.717) is 6.42 Å². The maximum Gasteiger partial charge on any atom is 0.0663 e. The number of thioether (sulfide) groups is 1. The Labute approximate surface area is 117 Å². The minimum absolute atomic E-state index is 0.447. The lowest BCUT2D eigenvalue weighted by Gasteiger charge is -2.10. The zero-order chi connectivity index (χ0) is 13.1. The standard InChI is InChI=1S/C17H13NS/c18-11-5-9-15-14-7-2-1-6-13(14)12-19-17-10-4-3-8-16(15)17/h1-4,6-10H,5,12H2/b15-9-. The molecule has 0 fully saturated rings. The fourth-order valence-corrected chi connectivity index (χ4v) is 3.46. The van der Waals surface area contributed by atoms with Crippen molar-refractivity contribution < 1.29 is 0 Å². The van der Waals surface area contributed by atoms with E-state index < -0.39 is 0 Å². The van der Waals surface area contributed by atoms with E-state index in [1.54, 1.807) is 0 Å². The van der Waals surface area contributed by atoms with Gasteiger partial charge in [-0.15, -0.1) is 11.8 Å². The van der Waals surface area contributed by atoms with Crippen LogP contribution < -0.4 is 0 Å². The Morgan fingerprint density at radius 1 is 1.05 bits per heavy atom. The lowest BCUT2D eigenvalue weighted by atomic mass is 9.94. The van der Waals surface area contributed by atoms with Crippen LogP contribution in [0.5, 0.6) is 0 Å². The predicted octanol–water partition coefficient (Wildman–Crippen LogP) is 4.64. The third kappa shape index (κ3) is 2.30. The number of hydrogen-bond donors (Lipinski definition) is 0. The Kier molecular flexibility index (Phi) is 3.39. The molecule has 0 aromatic heterocycles. The monoisotopic (exact) mass is 263 g/mol. The normalized spacial score (nSPS) is 15.2. The van der Waals surface area contributed by atoms with Crippen molar-refractivity contribution in [2.75, 3.05) is 0 Å². The minimum atomic E-state index is 0.447. The first-order valence-electron chi connectivity index (χ1n) is 6.28. The molecule has 1 aliphatic heterocycles. The summed E-state index contributed by atoms with van der Waals surface area (Å²) in [6.45, 7) is 0. The minimum Gasteiger partial charge on any atom is -0.198 e. The molecule has 2 aromatic carbocycles. The second-order valence-electron chi connectivity index (χ2n) is 4.42. The molecular weight excluding hydrogens is 250 g/mol. The van der Waals surface area contributed by atoms with E-state index in [-0.39, 0.29) is 0 Å². The summed E-state index contributed by atoms with van der Waals surface area (Å²) in [5.41, 5.74) is 5.04. The van der Waals surface area contributed by atoms with Gasteiger partial charge in [0, 0.05) is 10.6 Å². The van der Waals surface area contributed by atoms with Crippen molar-refractivity contribution in [2.24, 2.45) is 0 Å². The van der Waals surface area contributed by atoms with Crippen LogP contribution in [0.1, 0.15) is 23.1 Å². The number of benzene rings is 2. The number of hydrogen-bond acceptors (Lipinski definition) is 2. The Morgan fingerprint density at radius 3 is 2.63 bits per heavy atom. The quantitative estimate of drug-likeness (QED) is 0.748. The maximum atomic E-state index is 8.86. The van der Waals surface area contributed by atoms with Crippen LogP contribution in [0.15, 0.2) is 59.5 Å². The third-order valence-electron chi connectivity index (χ3n) is 3.27. The average molecular weight is 263 g/mol. The molecule has 3 rings (SSSR count). The van der Waals surface area contributed by atoms with Gasteiger partial charge in [0.15, 0.2) is 0 Å². The summed E-state index contributed by atoms with van der Waals surface area (Å²) in [6.07, 6.45) is 2.49. The Balaban J connectivity index is 2.23. The first-order valence-corrected chi connectivity index (χ1v) is 7.26. The lowest BCUT2D eigenvalue weighted by molar-refractivity contribution is 1.32. The number of allylic oxidation sites excluding steroid dienone is 1. The molecule has 0 bridgehead atoms. The molecule has 1 heterocycles. The van der Waals surface area contributed by atoms with E-state index in [1.807, 2.05) is 17.8 Å². The number of nitrogens with zero attached hydrogens (tertiary/aromatic N) is 1. The van der Waals surface area contributed by atoms with Crippen molar-refractivity contribution >= 4 is 17.3 Å². The van der Waals surface area contributed by atoms with Gasteiger partial charge in [-0.25, -0.2) is 0 Å². The van der Waals surface area contributed by atoms with Gasteiger partial charge < -0.3 is 0 Å². The van der Waals surface area contributed by atoms with Crippen LogP contribution in [0.2, 0.25) is 0 Å². The fraction of sp³-hybridized carbons (Fsp3) is 0.118. The SMILES string of the molecule is N#CC/C=C1/c2ccccc2CSc2ccccc21. The van der Waals surface area contributed by atoms with Crippen molar-refractivity contribution in [2.45, 2.75) is 17.1 Å². The van der Waals surface area contributed by atoms with Crippen molar-refractivity contribution in [3.63, 3.8) is 0 Å². The van der Waals surface area contributed by atoms with Crippen LogP contribution in [0, 0.1) is 11.3 Å². The number of rotatable bonds is 1. The van der Waals surface area contributed by atoms with Crippen LogP contribution in [-0.2, 0) is 5.75 Å². The van der Waals surface area contributed by atoms with Gasteiger partial charge in [-0.2, -0.15) is 5.26 Å². The lowest BCUT2D eigenvalue weighted by Crippen LogP contribution is -1.91. The largest absolute Gasteiger partial charge is 0.198 e.